The molecule has 2 aliphatic heterocycles. The molecule has 1 N–H and O–H groups in total. The van der Waals surface area contributed by atoms with Gasteiger partial charge in [-0.05, 0) is 26.3 Å². The van der Waals surface area contributed by atoms with E-state index >= 15 is 0 Å². The van der Waals surface area contributed by atoms with E-state index in [0.29, 0.717) is 31.7 Å². The number of carbonyl (C=O) groups is 1. The van der Waals surface area contributed by atoms with Crippen LogP contribution >= 0.6 is 0 Å². The van der Waals surface area contributed by atoms with Crippen molar-refractivity contribution in [1.29, 1.82) is 0 Å². The fourth-order valence-corrected chi connectivity index (χ4v) is 3.61. The van der Waals surface area contributed by atoms with E-state index in [1.807, 2.05) is 39.0 Å². The van der Waals surface area contributed by atoms with Gasteiger partial charge in [0.05, 0.1) is 6.04 Å². The van der Waals surface area contributed by atoms with E-state index in [-0.39, 0.29) is 6.04 Å². The quantitative estimate of drug-likeness (QED) is 0.861. The number of para-hydroxylation sites is 1. The molecule has 2 unspecified atom stereocenters. The maximum Gasteiger partial charge on any atom is 0.135 e. The van der Waals surface area contributed by atoms with Gasteiger partial charge < -0.3 is 9.84 Å². The first-order valence-electron chi connectivity index (χ1n) is 7.62. The molecular weight excluding hydrogens is 266 g/mol. The predicted molar refractivity (Wildman–Crippen MR) is 80.4 cm³/mol. The third kappa shape index (κ3) is 2.47. The largest absolute Gasteiger partial charge is 0.485 e. The van der Waals surface area contributed by atoms with Crippen LogP contribution in [0.1, 0.15) is 43.9 Å². The normalized spacial score (nSPS) is 28.9. The van der Waals surface area contributed by atoms with Crippen LogP contribution in [0.4, 0.5) is 0 Å². The Balaban J connectivity index is 1.96. The highest BCUT2D eigenvalue weighted by Crippen LogP contribution is 2.43. The molecule has 4 heteroatoms. The van der Waals surface area contributed by atoms with Crippen molar-refractivity contribution in [3.05, 3.63) is 29.3 Å². The van der Waals surface area contributed by atoms with E-state index in [1.54, 1.807) is 0 Å². The Bertz CT molecular complexity index is 557. The number of aliphatic hydroxyl groups excluding tert-OH is 1. The summed E-state index contributed by atoms with van der Waals surface area (Å²) >= 11 is 0. The van der Waals surface area contributed by atoms with Crippen LogP contribution in [0, 0.1) is 6.92 Å². The number of likely N-dealkylation sites (tertiary alicyclic amines) is 1. The first-order valence-corrected chi connectivity index (χ1v) is 7.62. The number of rotatable bonds is 1. The summed E-state index contributed by atoms with van der Waals surface area (Å²) in [4.78, 5) is 13.7. The average Bonchev–Trinajstić information content (AvgIpc) is 2.42. The van der Waals surface area contributed by atoms with Crippen LogP contribution in [0.2, 0.25) is 0 Å². The van der Waals surface area contributed by atoms with Gasteiger partial charge in [0, 0.05) is 31.5 Å². The fourth-order valence-electron chi connectivity index (χ4n) is 3.61. The van der Waals surface area contributed by atoms with Crippen molar-refractivity contribution < 1.29 is 14.6 Å². The van der Waals surface area contributed by atoms with Crippen molar-refractivity contribution in [2.24, 2.45) is 0 Å². The van der Waals surface area contributed by atoms with E-state index in [4.69, 9.17) is 4.74 Å². The number of benzene rings is 1. The highest BCUT2D eigenvalue weighted by atomic mass is 16.5. The Morgan fingerprint density at radius 1 is 1.29 bits per heavy atom. The van der Waals surface area contributed by atoms with E-state index in [2.05, 4.69) is 4.90 Å². The lowest BCUT2D eigenvalue weighted by atomic mass is 9.83. The highest BCUT2D eigenvalue weighted by molar-refractivity contribution is 5.79. The molecule has 2 atom stereocenters. The minimum Gasteiger partial charge on any atom is -0.485 e. The number of piperidine rings is 1. The number of fused-ring (bicyclic) bond motifs is 1. The van der Waals surface area contributed by atoms with Gasteiger partial charge in [-0.1, -0.05) is 18.2 Å². The van der Waals surface area contributed by atoms with Gasteiger partial charge in [-0.25, -0.2) is 0 Å². The standard InChI is InChI=1S/C17H23NO3/c1-11-5-4-6-13-14(20)16(17(2,3)21-15(11)13)18-9-7-12(19)8-10-18/h4-6,14,16,20H,7-10H2,1-3H3. The monoisotopic (exact) mass is 289 g/mol. The average molecular weight is 289 g/mol. The number of carbonyl (C=O) groups excluding carboxylic acids is 1. The second kappa shape index (κ2) is 5.11. The number of aryl methyl sites for hydroxylation is 1. The minimum atomic E-state index is -0.586. The van der Waals surface area contributed by atoms with Crippen LogP contribution in [-0.4, -0.2) is 40.5 Å². The summed E-state index contributed by atoms with van der Waals surface area (Å²) in [6, 6.07) is 5.77. The molecule has 21 heavy (non-hydrogen) atoms. The van der Waals surface area contributed by atoms with Crippen LogP contribution in [0.3, 0.4) is 0 Å². The van der Waals surface area contributed by atoms with Crippen LogP contribution in [0.25, 0.3) is 0 Å². The van der Waals surface area contributed by atoms with Gasteiger partial charge in [0.2, 0.25) is 0 Å². The second-order valence-electron chi connectivity index (χ2n) is 6.66. The number of hydrogen-bond acceptors (Lipinski definition) is 4. The molecule has 0 radical (unpaired) electrons. The molecule has 0 aromatic heterocycles. The summed E-state index contributed by atoms with van der Waals surface area (Å²) in [5.74, 6) is 1.12. The Morgan fingerprint density at radius 3 is 2.62 bits per heavy atom. The number of ketones is 1. The van der Waals surface area contributed by atoms with E-state index in [9.17, 15) is 9.90 Å². The molecule has 0 amide bonds. The number of Topliss-reactive ketones (excluding diaryl/α,β-unsaturated/α-hetero) is 1. The summed E-state index contributed by atoms with van der Waals surface area (Å²) in [6.45, 7) is 7.45. The Hall–Kier alpha value is -1.39. The summed E-state index contributed by atoms with van der Waals surface area (Å²) < 4.78 is 6.23. The zero-order valence-electron chi connectivity index (χ0n) is 12.9. The van der Waals surface area contributed by atoms with Crippen molar-refractivity contribution in [2.75, 3.05) is 13.1 Å². The molecule has 1 saturated heterocycles. The van der Waals surface area contributed by atoms with E-state index in [1.165, 1.54) is 0 Å². The van der Waals surface area contributed by atoms with Gasteiger partial charge in [-0.15, -0.1) is 0 Å². The second-order valence-corrected chi connectivity index (χ2v) is 6.66. The van der Waals surface area contributed by atoms with Gasteiger partial charge in [-0.2, -0.15) is 0 Å². The van der Waals surface area contributed by atoms with Gasteiger partial charge in [0.1, 0.15) is 23.2 Å². The number of nitrogens with zero attached hydrogens (tertiary/aromatic N) is 1. The SMILES string of the molecule is Cc1cccc2c1OC(C)(C)C(N1CCC(=O)CC1)C2O. The Labute approximate surface area is 125 Å². The highest BCUT2D eigenvalue weighted by Gasteiger charge is 2.47. The van der Waals surface area contributed by atoms with Crippen LogP contribution < -0.4 is 4.74 Å². The fraction of sp³-hybridized carbons (Fsp3) is 0.588. The Kier molecular flexibility index (Phi) is 3.54. The maximum atomic E-state index is 11.5. The zero-order valence-corrected chi connectivity index (χ0v) is 12.9. The minimum absolute atomic E-state index is 0.125. The van der Waals surface area contributed by atoms with Crippen molar-refractivity contribution in [1.82, 2.24) is 4.90 Å². The molecule has 2 aliphatic rings. The van der Waals surface area contributed by atoms with Gasteiger partial charge in [0.25, 0.3) is 0 Å². The molecule has 2 heterocycles. The van der Waals surface area contributed by atoms with Gasteiger partial charge in [0.15, 0.2) is 0 Å². The van der Waals surface area contributed by atoms with Gasteiger partial charge >= 0.3 is 0 Å². The van der Waals surface area contributed by atoms with E-state index < -0.39 is 11.7 Å². The molecule has 1 fully saturated rings. The third-order valence-corrected chi connectivity index (χ3v) is 4.69. The third-order valence-electron chi connectivity index (χ3n) is 4.69. The molecule has 1 aromatic carbocycles. The smallest absolute Gasteiger partial charge is 0.135 e. The van der Waals surface area contributed by atoms with Crippen molar-refractivity contribution in [3.63, 3.8) is 0 Å². The first kappa shape index (κ1) is 14.5. The summed E-state index contributed by atoms with van der Waals surface area (Å²) in [6.07, 6.45) is 0.553. The molecule has 114 valence electrons. The summed E-state index contributed by atoms with van der Waals surface area (Å²) in [5.41, 5.74) is 1.42. The van der Waals surface area contributed by atoms with Crippen molar-refractivity contribution in [2.45, 2.75) is 51.4 Å². The Morgan fingerprint density at radius 2 is 1.95 bits per heavy atom. The van der Waals surface area contributed by atoms with Crippen LogP contribution in [0.15, 0.2) is 18.2 Å². The van der Waals surface area contributed by atoms with Gasteiger partial charge in [-0.3, -0.25) is 9.69 Å². The predicted octanol–water partition coefficient (Wildman–Crippen LogP) is 2.23. The topological polar surface area (TPSA) is 49.8 Å². The molecular formula is C17H23NO3. The number of hydrogen-bond donors (Lipinski definition) is 1. The maximum absolute atomic E-state index is 11.5. The number of ether oxygens (including phenoxy) is 1. The van der Waals surface area contributed by atoms with Crippen molar-refractivity contribution >= 4 is 5.78 Å². The molecule has 0 bridgehead atoms. The molecule has 0 aliphatic carbocycles. The lowest BCUT2D eigenvalue weighted by molar-refractivity contribution is -0.127. The van der Waals surface area contributed by atoms with Crippen molar-refractivity contribution in [3.8, 4) is 5.75 Å². The molecule has 4 nitrogen and oxygen atoms in total. The van der Waals surface area contributed by atoms with E-state index in [0.717, 1.165) is 16.9 Å². The molecule has 0 spiro atoms. The molecule has 3 rings (SSSR count). The first-order chi connectivity index (χ1) is 9.90. The summed E-state index contributed by atoms with van der Waals surface area (Å²) in [5, 5.41) is 10.9. The zero-order chi connectivity index (χ0) is 15.2. The van der Waals surface area contributed by atoms with Crippen LogP contribution in [0.5, 0.6) is 5.75 Å². The summed E-state index contributed by atoms with van der Waals surface area (Å²) in [7, 11) is 0. The van der Waals surface area contributed by atoms with Crippen LogP contribution in [-0.2, 0) is 4.79 Å². The lowest BCUT2D eigenvalue weighted by Crippen LogP contribution is -2.59. The number of aliphatic hydroxyl groups is 1. The molecule has 1 aromatic rings. The molecule has 0 saturated carbocycles. The lowest BCUT2D eigenvalue weighted by Gasteiger charge is -2.49.